The van der Waals surface area contributed by atoms with Gasteiger partial charge in [0.2, 0.25) is 0 Å². The lowest BCUT2D eigenvalue weighted by Crippen LogP contribution is -2.01. The minimum absolute atomic E-state index is 0.190. The molecule has 2 aromatic heterocycles. The number of anilines is 1. The summed E-state index contributed by atoms with van der Waals surface area (Å²) in [4.78, 5) is 11.7. The van der Waals surface area contributed by atoms with Gasteiger partial charge in [-0.3, -0.25) is 0 Å². The van der Waals surface area contributed by atoms with Gasteiger partial charge in [-0.05, 0) is 68.9 Å². The van der Waals surface area contributed by atoms with Gasteiger partial charge in [-0.25, -0.2) is 9.97 Å². The number of thioether (sulfide) groups is 1. The molecule has 0 bridgehead atoms. The first kappa shape index (κ1) is 29.7. The van der Waals surface area contributed by atoms with Crippen molar-refractivity contribution in [2.45, 2.75) is 10.3 Å². The second-order valence-electron chi connectivity index (χ2n) is 13.4. The zero-order valence-electron chi connectivity index (χ0n) is 27.9. The lowest BCUT2D eigenvalue weighted by Gasteiger charge is -2.13. The zero-order chi connectivity index (χ0) is 34.2. The Hall–Kier alpha value is -6.01. The highest BCUT2D eigenvalue weighted by Crippen LogP contribution is 2.51. The van der Waals surface area contributed by atoms with Crippen molar-refractivity contribution in [2.24, 2.45) is 0 Å². The van der Waals surface area contributed by atoms with E-state index in [2.05, 4.69) is 163 Å². The Morgan fingerprint density at radius 2 is 1.13 bits per heavy atom. The van der Waals surface area contributed by atoms with Crippen molar-refractivity contribution in [3.8, 4) is 33.9 Å². The molecule has 0 amide bonds. The molecule has 0 fully saturated rings. The summed E-state index contributed by atoms with van der Waals surface area (Å²) < 4.78 is 2.56. The topological polar surface area (TPSA) is 37.8 Å². The molecule has 3 heterocycles. The predicted molar refractivity (Wildman–Crippen MR) is 222 cm³/mol. The fourth-order valence-electron chi connectivity index (χ4n) is 7.69. The van der Waals surface area contributed by atoms with Gasteiger partial charge in [0, 0.05) is 47.1 Å². The molecular weight excluding hydrogens is 671 g/mol. The van der Waals surface area contributed by atoms with Crippen molar-refractivity contribution in [1.29, 1.82) is 0 Å². The quantitative estimate of drug-likeness (QED) is 0.186. The Balaban J connectivity index is 1.04. The number of hydrogen-bond acceptors (Lipinski definition) is 5. The first-order valence-corrected chi connectivity index (χ1v) is 19.2. The number of hydrogen-bond donors (Lipinski definition) is 1. The van der Waals surface area contributed by atoms with Gasteiger partial charge in [0.25, 0.3) is 0 Å². The third kappa shape index (κ3) is 4.89. The molecule has 1 atom stereocenters. The lowest BCUT2D eigenvalue weighted by atomic mass is 9.98. The van der Waals surface area contributed by atoms with Crippen LogP contribution in [0.1, 0.15) is 10.9 Å². The largest absolute Gasteiger partial charge is 0.368 e. The number of rotatable bonds is 4. The van der Waals surface area contributed by atoms with Crippen molar-refractivity contribution < 1.29 is 0 Å². The molecule has 3 nitrogen and oxygen atoms in total. The summed E-state index contributed by atoms with van der Waals surface area (Å²) >= 11 is 3.73. The van der Waals surface area contributed by atoms with E-state index in [1.165, 1.54) is 68.6 Å². The van der Waals surface area contributed by atoms with E-state index in [1.54, 1.807) is 0 Å². The first-order chi connectivity index (χ1) is 25.7. The summed E-state index contributed by atoms with van der Waals surface area (Å²) in [7, 11) is 0. The molecule has 1 N–H and O–H groups in total. The molecule has 0 saturated carbocycles. The highest BCUT2D eigenvalue weighted by Gasteiger charge is 2.25. The van der Waals surface area contributed by atoms with Crippen LogP contribution in [0.2, 0.25) is 0 Å². The normalized spacial score (nSPS) is 14.0. The fraction of sp³-hybridized carbons (Fsp3) is 0.0213. The molecular formula is C47H29N3S2. The van der Waals surface area contributed by atoms with Crippen LogP contribution in [0.3, 0.4) is 0 Å². The zero-order valence-corrected chi connectivity index (χ0v) is 29.5. The van der Waals surface area contributed by atoms with Crippen LogP contribution in [-0.2, 0) is 0 Å². The molecule has 1 aliphatic rings. The summed E-state index contributed by atoms with van der Waals surface area (Å²) in [6.07, 6.45) is 0. The summed E-state index contributed by atoms with van der Waals surface area (Å²) in [5.74, 6) is 0.720. The third-order valence-electron chi connectivity index (χ3n) is 10.3. The maximum atomic E-state index is 5.25. The molecule has 52 heavy (non-hydrogen) atoms. The van der Waals surface area contributed by atoms with Crippen LogP contribution in [0, 0.1) is 0 Å². The van der Waals surface area contributed by atoms with Gasteiger partial charge in [0.1, 0.15) is 5.37 Å². The third-order valence-corrected chi connectivity index (χ3v) is 12.6. The smallest absolute Gasteiger partial charge is 0.160 e. The van der Waals surface area contributed by atoms with Gasteiger partial charge in [-0.1, -0.05) is 139 Å². The van der Waals surface area contributed by atoms with E-state index in [0.717, 1.165) is 33.9 Å². The molecule has 8 aromatic carbocycles. The van der Waals surface area contributed by atoms with E-state index in [0.29, 0.717) is 0 Å². The Morgan fingerprint density at radius 1 is 0.462 bits per heavy atom. The monoisotopic (exact) mass is 699 g/mol. The van der Waals surface area contributed by atoms with Crippen LogP contribution in [0.4, 0.5) is 5.69 Å². The van der Waals surface area contributed by atoms with Crippen LogP contribution in [0.25, 0.3) is 86.4 Å². The van der Waals surface area contributed by atoms with E-state index >= 15 is 0 Å². The number of benzene rings is 8. The van der Waals surface area contributed by atoms with Gasteiger partial charge in [0.15, 0.2) is 5.82 Å². The van der Waals surface area contributed by atoms with Crippen molar-refractivity contribution in [3.05, 3.63) is 169 Å². The Bertz CT molecular complexity index is 3030. The SMILES string of the molecule is c1ccc(-c2cc(-c3ccc4c(c3)sc3cc5ccccc5cc34)nc(-c3ccc4c(ccc5ccc6c(c54)NC(c4ccccc4)S6)c3)n2)cc1. The second kappa shape index (κ2) is 11.8. The Morgan fingerprint density at radius 3 is 1.98 bits per heavy atom. The van der Waals surface area contributed by atoms with E-state index in [-0.39, 0.29) is 5.37 Å². The second-order valence-corrected chi connectivity index (χ2v) is 15.7. The van der Waals surface area contributed by atoms with E-state index in [9.17, 15) is 0 Å². The van der Waals surface area contributed by atoms with Gasteiger partial charge in [-0.2, -0.15) is 0 Å². The first-order valence-electron chi connectivity index (χ1n) is 17.5. The lowest BCUT2D eigenvalue weighted by molar-refractivity contribution is 1.14. The number of nitrogens with one attached hydrogen (secondary N) is 1. The van der Waals surface area contributed by atoms with Crippen molar-refractivity contribution in [1.82, 2.24) is 9.97 Å². The molecule has 244 valence electrons. The summed E-state index contributed by atoms with van der Waals surface area (Å²) in [6.45, 7) is 0. The highest BCUT2D eigenvalue weighted by molar-refractivity contribution is 8.00. The Kier molecular flexibility index (Phi) is 6.72. The molecule has 0 radical (unpaired) electrons. The van der Waals surface area contributed by atoms with Gasteiger partial charge < -0.3 is 5.32 Å². The molecule has 11 rings (SSSR count). The average molecular weight is 700 g/mol. The fourth-order valence-corrected chi connectivity index (χ4v) is 10.0. The van der Waals surface area contributed by atoms with Crippen LogP contribution < -0.4 is 5.32 Å². The standard InChI is InChI=1S/C47H29N3S2/c1-3-9-28(10-4-1)39-27-40(34-17-21-37-38-24-31-13-7-8-14-32(31)25-43(38)51-42(37)26-34)49-46(48-39)35-18-20-36-33(23-35)16-15-29-19-22-41-45(44(29)36)50-47(52-41)30-11-5-2-6-12-30/h1-27,47,50H. The van der Waals surface area contributed by atoms with Crippen LogP contribution >= 0.6 is 23.1 Å². The maximum Gasteiger partial charge on any atom is 0.160 e. The molecule has 0 saturated heterocycles. The van der Waals surface area contributed by atoms with Crippen LogP contribution in [0.5, 0.6) is 0 Å². The minimum atomic E-state index is 0.190. The van der Waals surface area contributed by atoms with Gasteiger partial charge >= 0.3 is 0 Å². The highest BCUT2D eigenvalue weighted by atomic mass is 32.2. The van der Waals surface area contributed by atoms with Crippen LogP contribution in [-0.4, -0.2) is 9.97 Å². The summed E-state index contributed by atoms with van der Waals surface area (Å²) in [5.41, 5.74) is 7.47. The molecule has 5 heteroatoms. The molecule has 0 spiro atoms. The molecule has 1 aliphatic heterocycles. The summed E-state index contributed by atoms with van der Waals surface area (Å²) in [6, 6.07) is 58.9. The van der Waals surface area contributed by atoms with E-state index in [1.807, 2.05) is 29.2 Å². The van der Waals surface area contributed by atoms with Gasteiger partial charge in [0.05, 0.1) is 17.1 Å². The number of fused-ring (bicyclic) bond motifs is 9. The molecule has 0 aliphatic carbocycles. The Labute approximate surface area is 308 Å². The number of aromatic nitrogens is 2. The van der Waals surface area contributed by atoms with Gasteiger partial charge in [-0.15, -0.1) is 11.3 Å². The molecule has 10 aromatic rings. The molecule has 1 unspecified atom stereocenters. The van der Waals surface area contributed by atoms with E-state index in [4.69, 9.17) is 9.97 Å². The van der Waals surface area contributed by atoms with Crippen molar-refractivity contribution in [2.75, 3.05) is 5.32 Å². The minimum Gasteiger partial charge on any atom is -0.368 e. The van der Waals surface area contributed by atoms with Crippen molar-refractivity contribution in [3.63, 3.8) is 0 Å². The van der Waals surface area contributed by atoms with Crippen molar-refractivity contribution >= 4 is 81.3 Å². The summed E-state index contributed by atoms with van der Waals surface area (Å²) in [5, 5.41) is 14.1. The van der Waals surface area contributed by atoms with E-state index < -0.39 is 0 Å². The maximum absolute atomic E-state index is 5.25. The number of nitrogens with zero attached hydrogens (tertiary/aromatic N) is 2. The van der Waals surface area contributed by atoms with Crippen LogP contribution in [0.15, 0.2) is 169 Å². The average Bonchev–Trinajstić information content (AvgIpc) is 3.81. The number of thiophene rings is 1. The predicted octanol–water partition coefficient (Wildman–Crippen LogP) is 13.5.